The van der Waals surface area contributed by atoms with Crippen LogP contribution in [0.2, 0.25) is 0 Å². The first-order valence-corrected chi connectivity index (χ1v) is 9.13. The maximum atomic E-state index is 11.2. The smallest absolute Gasteiger partial charge is 0.238 e. The quantitative estimate of drug-likeness (QED) is 0.497. The molecule has 0 saturated heterocycles. The zero-order valence-electron chi connectivity index (χ0n) is 14.2. The zero-order chi connectivity index (χ0) is 17.6. The van der Waals surface area contributed by atoms with E-state index in [9.17, 15) is 8.42 Å². The number of halogens is 1. The Labute approximate surface area is 154 Å². The Morgan fingerprint density at radius 2 is 1.56 bits per heavy atom. The van der Waals surface area contributed by atoms with Crippen LogP contribution in [0.15, 0.2) is 47.4 Å². The molecule has 2 aromatic carbocycles. The van der Waals surface area contributed by atoms with Gasteiger partial charge in [0, 0.05) is 12.0 Å². The number of ether oxygens (including phenoxy) is 2. The molecule has 8 heteroatoms. The van der Waals surface area contributed by atoms with E-state index in [1.165, 1.54) is 0 Å². The van der Waals surface area contributed by atoms with Gasteiger partial charge in [0.05, 0.1) is 25.7 Å². The van der Waals surface area contributed by atoms with Crippen LogP contribution in [0.4, 0.5) is 0 Å². The largest absolute Gasteiger partial charge is 1.00 e. The highest BCUT2D eigenvalue weighted by Gasteiger charge is 2.07. The van der Waals surface area contributed by atoms with Crippen LogP contribution in [0.25, 0.3) is 0 Å². The van der Waals surface area contributed by atoms with E-state index in [2.05, 4.69) is 5.32 Å². The number of methoxy groups -OCH3 is 2. The molecule has 0 aliphatic carbocycles. The first-order chi connectivity index (χ1) is 11.4. The lowest BCUT2D eigenvalue weighted by Crippen LogP contribution is -3.00. The molecule has 0 unspecified atom stereocenters. The summed E-state index contributed by atoms with van der Waals surface area (Å²) in [6.07, 6.45) is 0.845. The van der Waals surface area contributed by atoms with Gasteiger partial charge in [0.1, 0.15) is 6.54 Å². The van der Waals surface area contributed by atoms with Crippen molar-refractivity contribution in [1.82, 2.24) is 0 Å². The molecule has 0 saturated carbocycles. The van der Waals surface area contributed by atoms with Gasteiger partial charge in [-0.2, -0.15) is 0 Å². The molecule has 0 spiro atoms. The van der Waals surface area contributed by atoms with Crippen LogP contribution < -0.4 is 32.3 Å². The third-order valence-corrected chi connectivity index (χ3v) is 4.65. The third-order valence-electron chi connectivity index (χ3n) is 3.72. The maximum absolute atomic E-state index is 11.2. The zero-order valence-corrected chi connectivity index (χ0v) is 15.8. The summed E-state index contributed by atoms with van der Waals surface area (Å²) >= 11 is 0. The van der Waals surface area contributed by atoms with Crippen LogP contribution in [-0.4, -0.2) is 29.2 Å². The second kappa shape index (κ2) is 9.62. The van der Waals surface area contributed by atoms with Crippen molar-refractivity contribution in [3.63, 3.8) is 0 Å². The van der Waals surface area contributed by atoms with Crippen LogP contribution in [0.5, 0.6) is 11.5 Å². The molecule has 0 radical (unpaired) electrons. The minimum Gasteiger partial charge on any atom is -1.00 e. The third kappa shape index (κ3) is 6.21. The van der Waals surface area contributed by atoms with Gasteiger partial charge < -0.3 is 27.2 Å². The molecule has 4 N–H and O–H groups in total. The molecule has 0 aliphatic rings. The Bertz CT molecular complexity index is 780. The lowest BCUT2D eigenvalue weighted by atomic mass is 10.1. The van der Waals surface area contributed by atoms with Crippen molar-refractivity contribution in [3.05, 3.63) is 53.6 Å². The van der Waals surface area contributed by atoms with E-state index in [1.807, 2.05) is 18.2 Å². The number of quaternary nitrogens is 1. The fraction of sp³-hybridized carbons (Fsp3) is 0.294. The van der Waals surface area contributed by atoms with Gasteiger partial charge in [-0.15, -0.1) is 0 Å². The molecule has 0 atom stereocenters. The summed E-state index contributed by atoms with van der Waals surface area (Å²) in [7, 11) is -0.386. The van der Waals surface area contributed by atoms with E-state index < -0.39 is 10.0 Å². The predicted octanol–water partition coefficient (Wildman–Crippen LogP) is -2.34. The topological polar surface area (TPSA) is 95.2 Å². The predicted molar refractivity (Wildman–Crippen MR) is 91.6 cm³/mol. The second-order valence-electron chi connectivity index (χ2n) is 5.41. The van der Waals surface area contributed by atoms with Crippen molar-refractivity contribution in [2.75, 3.05) is 20.8 Å². The second-order valence-corrected chi connectivity index (χ2v) is 6.97. The summed E-state index contributed by atoms with van der Waals surface area (Å²) in [6, 6.07) is 12.6. The number of rotatable bonds is 8. The van der Waals surface area contributed by atoms with Crippen molar-refractivity contribution in [2.45, 2.75) is 17.9 Å². The monoisotopic (exact) mass is 386 g/mol. The van der Waals surface area contributed by atoms with Gasteiger partial charge in [-0.05, 0) is 35.9 Å². The molecule has 6 nitrogen and oxygen atoms in total. The van der Waals surface area contributed by atoms with Gasteiger partial charge >= 0.3 is 0 Å². The average Bonchev–Trinajstić information content (AvgIpc) is 2.58. The molecular weight excluding hydrogens is 364 g/mol. The summed E-state index contributed by atoms with van der Waals surface area (Å²) in [5.41, 5.74) is 2.23. The lowest BCUT2D eigenvalue weighted by molar-refractivity contribution is -0.670. The summed E-state index contributed by atoms with van der Waals surface area (Å²) in [6.45, 7) is 1.72. The van der Waals surface area contributed by atoms with Crippen LogP contribution in [0, 0.1) is 0 Å². The number of primary sulfonamides is 1. The summed E-state index contributed by atoms with van der Waals surface area (Å²) in [4.78, 5) is 0.139. The van der Waals surface area contributed by atoms with Crippen LogP contribution in [0.3, 0.4) is 0 Å². The standard InChI is InChI=1S/C17H22N2O4S.ClH/c1-22-16-8-5-14(11-17(16)23-2)12-19-10-9-13-3-6-15(7-4-13)24(18,20)21;/h3-8,11,19H,9-10,12H2,1-2H3,(H2,18,20,21);1H. The van der Waals surface area contributed by atoms with Gasteiger partial charge in [-0.25, -0.2) is 13.6 Å². The van der Waals surface area contributed by atoms with Crippen LogP contribution in [0.1, 0.15) is 11.1 Å². The Balaban J connectivity index is 0.00000312. The number of sulfonamides is 1. The van der Waals surface area contributed by atoms with Crippen LogP contribution >= 0.6 is 0 Å². The lowest BCUT2D eigenvalue weighted by Gasteiger charge is -2.09. The minimum atomic E-state index is -3.62. The molecular formula is C17H23ClN2O4S. The number of hydrogen-bond acceptors (Lipinski definition) is 4. The SMILES string of the molecule is COc1ccc(C[NH2+]CCc2ccc(S(N)(=O)=O)cc2)cc1OC.[Cl-]. The summed E-state index contributed by atoms with van der Waals surface area (Å²) < 4.78 is 32.9. The molecule has 0 fully saturated rings. The number of nitrogens with two attached hydrogens (primary N) is 2. The average molecular weight is 387 g/mol. The van der Waals surface area contributed by atoms with Crippen LogP contribution in [-0.2, 0) is 23.0 Å². The summed E-state index contributed by atoms with van der Waals surface area (Å²) in [5.74, 6) is 1.44. The fourth-order valence-electron chi connectivity index (χ4n) is 2.39. The Morgan fingerprint density at radius 1 is 0.960 bits per heavy atom. The molecule has 0 bridgehead atoms. The van der Waals surface area contributed by atoms with Gasteiger partial charge in [-0.1, -0.05) is 12.1 Å². The number of hydrogen-bond donors (Lipinski definition) is 2. The van der Waals surface area contributed by atoms with Crippen molar-refractivity contribution in [3.8, 4) is 11.5 Å². The molecule has 0 amide bonds. The highest BCUT2D eigenvalue weighted by atomic mass is 35.5. The highest BCUT2D eigenvalue weighted by molar-refractivity contribution is 7.89. The minimum absolute atomic E-state index is 0. The molecule has 138 valence electrons. The van der Waals surface area contributed by atoms with E-state index in [0.717, 1.165) is 42.1 Å². The van der Waals surface area contributed by atoms with Gasteiger partial charge in [0.25, 0.3) is 0 Å². The van der Waals surface area contributed by atoms with E-state index >= 15 is 0 Å². The van der Waals surface area contributed by atoms with E-state index in [0.29, 0.717) is 0 Å². The Hall–Kier alpha value is -1.80. The van der Waals surface area contributed by atoms with Gasteiger partial charge in [0.15, 0.2) is 11.5 Å². The highest BCUT2D eigenvalue weighted by Crippen LogP contribution is 2.27. The van der Waals surface area contributed by atoms with Gasteiger partial charge in [-0.3, -0.25) is 0 Å². The van der Waals surface area contributed by atoms with Crippen molar-refractivity contribution < 1.29 is 35.6 Å². The molecule has 2 rings (SSSR count). The normalized spacial score (nSPS) is 10.8. The Morgan fingerprint density at radius 3 is 2.12 bits per heavy atom. The molecule has 0 aliphatic heterocycles. The van der Waals surface area contributed by atoms with E-state index in [-0.39, 0.29) is 17.3 Å². The molecule has 0 aromatic heterocycles. The first-order valence-electron chi connectivity index (χ1n) is 7.58. The maximum Gasteiger partial charge on any atom is 0.238 e. The van der Waals surface area contributed by atoms with Crippen molar-refractivity contribution in [2.24, 2.45) is 5.14 Å². The molecule has 25 heavy (non-hydrogen) atoms. The fourth-order valence-corrected chi connectivity index (χ4v) is 2.91. The van der Waals surface area contributed by atoms with Crippen molar-refractivity contribution in [1.29, 1.82) is 0 Å². The van der Waals surface area contributed by atoms with Gasteiger partial charge in [0.2, 0.25) is 10.0 Å². The molecule has 0 heterocycles. The molecule has 2 aromatic rings. The van der Waals surface area contributed by atoms with Crippen molar-refractivity contribution >= 4 is 10.0 Å². The Kier molecular flexibility index (Phi) is 8.18. The van der Waals surface area contributed by atoms with E-state index in [1.54, 1.807) is 38.5 Å². The number of benzene rings is 2. The van der Waals surface area contributed by atoms with E-state index in [4.69, 9.17) is 14.6 Å². The first kappa shape index (κ1) is 21.2. The summed E-state index contributed by atoms with van der Waals surface area (Å²) in [5, 5.41) is 7.27.